The third kappa shape index (κ3) is 9.68. The van der Waals surface area contributed by atoms with Crippen molar-refractivity contribution in [1.29, 1.82) is 0 Å². The predicted octanol–water partition coefficient (Wildman–Crippen LogP) is 5.55. The molecule has 0 radical (unpaired) electrons. The van der Waals surface area contributed by atoms with Gasteiger partial charge in [0.25, 0.3) is 0 Å². The Balaban J connectivity index is 0.00000462. The van der Waals surface area contributed by atoms with Gasteiger partial charge in [0.1, 0.15) is 0 Å². The van der Waals surface area contributed by atoms with Crippen LogP contribution in [-0.4, -0.2) is 51.3 Å². The van der Waals surface area contributed by atoms with Crippen molar-refractivity contribution >= 4 is 51.5 Å². The fourth-order valence-corrected chi connectivity index (χ4v) is 5.95. The van der Waals surface area contributed by atoms with Crippen LogP contribution in [0.2, 0.25) is 10.0 Å². The summed E-state index contributed by atoms with van der Waals surface area (Å²) in [5, 5.41) is 4.53. The maximum atomic E-state index is 13.5. The zero-order chi connectivity index (χ0) is 28.6. The van der Waals surface area contributed by atoms with Gasteiger partial charge in [-0.05, 0) is 41.7 Å². The molecule has 3 aromatic carbocycles. The van der Waals surface area contributed by atoms with Gasteiger partial charge >= 0.3 is 0 Å². The van der Waals surface area contributed by atoms with Crippen LogP contribution < -0.4 is 10.0 Å². The number of hydrogen-bond acceptors (Lipinski definition) is 5. The average molecular weight is 641 g/mol. The third-order valence-electron chi connectivity index (χ3n) is 7.27. The van der Waals surface area contributed by atoms with Crippen molar-refractivity contribution in [1.82, 2.24) is 14.9 Å². The minimum Gasteiger partial charge on any atom is -0.376 e. The lowest BCUT2D eigenvalue weighted by molar-refractivity contribution is -0.138. The molecule has 0 aromatic heterocycles. The summed E-state index contributed by atoms with van der Waals surface area (Å²) in [7, 11) is -3.40. The molecule has 1 fully saturated rings. The molecular weight excluding hydrogens is 605 g/mol. The number of amides is 1. The molecule has 1 heterocycles. The van der Waals surface area contributed by atoms with Crippen LogP contribution in [0.5, 0.6) is 0 Å². The van der Waals surface area contributed by atoms with Gasteiger partial charge in [0, 0.05) is 25.0 Å². The summed E-state index contributed by atoms with van der Waals surface area (Å²) in [6.07, 6.45) is 2.29. The van der Waals surface area contributed by atoms with Crippen molar-refractivity contribution in [2.24, 2.45) is 0 Å². The number of sulfonamides is 1. The lowest BCUT2D eigenvalue weighted by Crippen LogP contribution is -2.59. The molecule has 2 atom stereocenters. The molecule has 1 amide bonds. The van der Waals surface area contributed by atoms with Crippen LogP contribution in [0.1, 0.15) is 36.0 Å². The van der Waals surface area contributed by atoms with Crippen LogP contribution in [0.15, 0.2) is 78.9 Å². The van der Waals surface area contributed by atoms with E-state index in [9.17, 15) is 13.2 Å². The highest BCUT2D eigenvalue weighted by Crippen LogP contribution is 2.38. The topological polar surface area (TPSA) is 87.7 Å². The van der Waals surface area contributed by atoms with Crippen molar-refractivity contribution in [3.63, 3.8) is 0 Å². The first-order valence-corrected chi connectivity index (χ1v) is 15.9. The normalized spacial score (nSPS) is 19.0. The van der Waals surface area contributed by atoms with E-state index in [4.69, 9.17) is 27.9 Å². The summed E-state index contributed by atoms with van der Waals surface area (Å²) < 4.78 is 32.7. The monoisotopic (exact) mass is 639 g/mol. The molecule has 4 rings (SSSR count). The number of benzene rings is 3. The van der Waals surface area contributed by atoms with E-state index >= 15 is 0 Å². The third-order valence-corrected chi connectivity index (χ3v) is 8.68. The molecule has 41 heavy (non-hydrogen) atoms. The lowest BCUT2D eigenvalue weighted by Gasteiger charge is -2.47. The van der Waals surface area contributed by atoms with Gasteiger partial charge in [-0.2, -0.15) is 0 Å². The molecule has 2 unspecified atom stereocenters. The second kappa shape index (κ2) is 15.3. The van der Waals surface area contributed by atoms with Gasteiger partial charge in [-0.1, -0.05) is 89.9 Å². The summed E-state index contributed by atoms with van der Waals surface area (Å²) in [5.41, 5.74) is 2.56. The summed E-state index contributed by atoms with van der Waals surface area (Å²) in [6, 6.07) is 25.3. The Morgan fingerprint density at radius 1 is 1.00 bits per heavy atom. The Hall–Kier alpha value is -2.17. The second-order valence-corrected chi connectivity index (χ2v) is 12.9. The highest BCUT2D eigenvalue weighted by molar-refractivity contribution is 7.88. The summed E-state index contributed by atoms with van der Waals surface area (Å²) in [5.74, 6) is -0.0163. The van der Waals surface area contributed by atoms with Crippen molar-refractivity contribution in [3.8, 4) is 0 Å². The Labute approximate surface area is 259 Å². The molecule has 0 spiro atoms. The highest BCUT2D eigenvalue weighted by Gasteiger charge is 2.42. The zero-order valence-electron chi connectivity index (χ0n) is 22.9. The van der Waals surface area contributed by atoms with E-state index in [0.717, 1.165) is 16.7 Å². The van der Waals surface area contributed by atoms with Gasteiger partial charge in [0.2, 0.25) is 15.9 Å². The Morgan fingerprint density at radius 3 is 2.34 bits per heavy atom. The van der Waals surface area contributed by atoms with Crippen molar-refractivity contribution in [3.05, 3.63) is 106 Å². The van der Waals surface area contributed by atoms with Crippen LogP contribution in [0.25, 0.3) is 0 Å². The van der Waals surface area contributed by atoms with E-state index in [1.807, 2.05) is 71.6 Å². The number of carbonyl (C=O) groups excluding carboxylic acids is 1. The first-order chi connectivity index (χ1) is 19.2. The second-order valence-electron chi connectivity index (χ2n) is 10.2. The van der Waals surface area contributed by atoms with Crippen LogP contribution >= 0.6 is 35.6 Å². The smallest absolute Gasteiger partial charge is 0.226 e. The minimum absolute atomic E-state index is 0. The Morgan fingerprint density at radius 2 is 1.68 bits per heavy atom. The number of halogens is 3. The average Bonchev–Trinajstić information content (AvgIpc) is 2.95. The molecule has 3 aromatic rings. The molecule has 0 aliphatic carbocycles. The molecule has 222 valence electrons. The summed E-state index contributed by atoms with van der Waals surface area (Å²) in [4.78, 5) is 15.3. The van der Waals surface area contributed by atoms with Gasteiger partial charge in [-0.15, -0.1) is 12.4 Å². The van der Waals surface area contributed by atoms with E-state index in [1.54, 1.807) is 12.1 Å². The summed E-state index contributed by atoms with van der Waals surface area (Å²) >= 11 is 12.1. The molecular formula is C30H36Cl3N3O4S. The van der Waals surface area contributed by atoms with Crippen LogP contribution in [0, 0.1) is 0 Å². The maximum absolute atomic E-state index is 13.5. The molecule has 0 saturated carbocycles. The van der Waals surface area contributed by atoms with Gasteiger partial charge in [0.05, 0.1) is 42.1 Å². The molecule has 0 bridgehead atoms. The first-order valence-electron chi connectivity index (χ1n) is 13.2. The quantitative estimate of drug-likeness (QED) is 0.254. The molecule has 1 aliphatic rings. The number of rotatable bonds is 12. The van der Waals surface area contributed by atoms with E-state index in [2.05, 4.69) is 10.0 Å². The molecule has 11 heteroatoms. The molecule has 7 nitrogen and oxygen atoms in total. The first kappa shape index (κ1) is 33.3. The minimum atomic E-state index is -3.40. The number of piperidine rings is 1. The van der Waals surface area contributed by atoms with Gasteiger partial charge in [-0.3, -0.25) is 10.1 Å². The van der Waals surface area contributed by atoms with Crippen molar-refractivity contribution < 1.29 is 17.9 Å². The highest BCUT2D eigenvalue weighted by atomic mass is 35.5. The van der Waals surface area contributed by atoms with Crippen LogP contribution in [0.4, 0.5) is 0 Å². The zero-order valence-corrected chi connectivity index (χ0v) is 26.0. The fraction of sp³-hybridized carbons (Fsp3) is 0.367. The number of hydrogen-bond donors (Lipinski definition) is 2. The standard InChI is InChI=1S/C30H35Cl2N3O4S.ClH/c1-40(37,38)34-22-30(25-10-6-3-7-11-25)15-16-35(28(19-30)33-20-23-8-4-2-5-9-23)29(36)14-17-39-21-24-12-13-26(31)27(32)18-24;/h2-13,18,28,33-34H,14-17,19-22H2,1H3;1H. The van der Waals surface area contributed by atoms with Crippen LogP contribution in [-0.2, 0) is 38.1 Å². The molecule has 1 aliphatic heterocycles. The van der Waals surface area contributed by atoms with E-state index in [-0.39, 0.29) is 44.1 Å². The lowest BCUT2D eigenvalue weighted by atomic mass is 9.71. The van der Waals surface area contributed by atoms with E-state index in [1.165, 1.54) is 6.26 Å². The number of nitrogens with zero attached hydrogens (tertiary/aromatic N) is 1. The summed E-state index contributed by atoms with van der Waals surface area (Å²) in [6.45, 7) is 1.91. The number of likely N-dealkylation sites (tertiary alicyclic amines) is 1. The predicted molar refractivity (Wildman–Crippen MR) is 167 cm³/mol. The SMILES string of the molecule is CS(=O)(=O)NCC1(c2ccccc2)CCN(C(=O)CCOCc2ccc(Cl)c(Cl)c2)C(NCc2ccccc2)C1.Cl. The van der Waals surface area contributed by atoms with Gasteiger partial charge < -0.3 is 9.64 Å². The van der Waals surface area contributed by atoms with E-state index < -0.39 is 15.4 Å². The Bertz CT molecular complexity index is 1380. The largest absolute Gasteiger partial charge is 0.376 e. The number of nitrogens with one attached hydrogen (secondary N) is 2. The van der Waals surface area contributed by atoms with Crippen molar-refractivity contribution in [2.75, 3.05) is 26.0 Å². The van der Waals surface area contributed by atoms with Gasteiger partial charge in [-0.25, -0.2) is 13.1 Å². The maximum Gasteiger partial charge on any atom is 0.226 e. The van der Waals surface area contributed by atoms with Crippen LogP contribution in [0.3, 0.4) is 0 Å². The Kier molecular flexibility index (Phi) is 12.5. The molecule has 2 N–H and O–H groups in total. The number of carbonyl (C=O) groups is 1. The van der Waals surface area contributed by atoms with E-state index in [0.29, 0.717) is 42.6 Å². The fourth-order valence-electron chi connectivity index (χ4n) is 5.09. The van der Waals surface area contributed by atoms with Crippen molar-refractivity contribution in [2.45, 2.75) is 44.0 Å². The number of ether oxygens (including phenoxy) is 1. The molecule has 1 saturated heterocycles. The van der Waals surface area contributed by atoms with Gasteiger partial charge in [0.15, 0.2) is 0 Å².